The number of para-hydroxylation sites is 1. The quantitative estimate of drug-likeness (QED) is 0.319. The van der Waals surface area contributed by atoms with E-state index < -0.39 is 11.8 Å². The highest BCUT2D eigenvalue weighted by Gasteiger charge is 2.23. The maximum atomic E-state index is 13.1. The first kappa shape index (κ1) is 21.4. The zero-order chi connectivity index (χ0) is 20.9. The molecule has 0 spiro atoms. The summed E-state index contributed by atoms with van der Waals surface area (Å²) in [6, 6.07) is 11.1. The smallest absolute Gasteiger partial charge is 0.408 e. The highest BCUT2D eigenvalue weighted by Crippen LogP contribution is 2.34. The molecule has 0 bridgehead atoms. The number of carbonyl (C=O) groups excluding carboxylic acids is 1. The van der Waals surface area contributed by atoms with Crippen LogP contribution in [0.4, 0.5) is 14.5 Å². The minimum Gasteiger partial charge on any atom is -0.430 e. The summed E-state index contributed by atoms with van der Waals surface area (Å²) in [4.78, 5) is 12.1. The zero-order valence-electron chi connectivity index (χ0n) is 15.3. The fraction of sp³-hybridized carbons (Fsp3) is 0.211. The van der Waals surface area contributed by atoms with E-state index >= 15 is 0 Å². The molecule has 0 aliphatic carbocycles. The standard InChI is InChI=1S/C19H23F2N4O2P/c1-2-9-25-18(26)17(24)16(23)14-8-4-7-13(15(14)22)11-5-3-6-12(10-11)27-19(20,21)28/h3-8,10H,2,9,22-24,28H2,1H3,(H,25,26)/b17-16+. The summed E-state index contributed by atoms with van der Waals surface area (Å²) in [7, 11) is 1.31. The molecule has 9 heteroatoms. The summed E-state index contributed by atoms with van der Waals surface area (Å²) in [6.07, 6.45) is 0.754. The van der Waals surface area contributed by atoms with Gasteiger partial charge in [0.2, 0.25) is 0 Å². The Morgan fingerprint density at radius 3 is 2.54 bits per heavy atom. The Kier molecular flexibility index (Phi) is 6.80. The van der Waals surface area contributed by atoms with Crippen molar-refractivity contribution in [1.29, 1.82) is 0 Å². The molecule has 1 unspecified atom stereocenters. The fourth-order valence-electron chi connectivity index (χ4n) is 2.54. The number of halogens is 2. The lowest BCUT2D eigenvalue weighted by molar-refractivity contribution is -0.117. The van der Waals surface area contributed by atoms with Crippen LogP contribution < -0.4 is 27.3 Å². The molecule has 0 heterocycles. The van der Waals surface area contributed by atoms with E-state index in [9.17, 15) is 13.6 Å². The number of nitrogens with one attached hydrogen (secondary N) is 1. The Bertz CT molecular complexity index is 898. The molecular weight excluding hydrogens is 385 g/mol. The van der Waals surface area contributed by atoms with Crippen molar-refractivity contribution in [3.63, 3.8) is 0 Å². The first-order chi connectivity index (χ1) is 13.1. The lowest BCUT2D eigenvalue weighted by Crippen LogP contribution is -2.31. The minimum absolute atomic E-state index is 0.0238. The molecule has 2 aromatic rings. The van der Waals surface area contributed by atoms with E-state index in [1.165, 1.54) is 21.4 Å². The molecule has 0 radical (unpaired) electrons. The van der Waals surface area contributed by atoms with Gasteiger partial charge in [0.1, 0.15) is 11.4 Å². The molecule has 28 heavy (non-hydrogen) atoms. The van der Waals surface area contributed by atoms with Crippen LogP contribution in [0.25, 0.3) is 16.8 Å². The van der Waals surface area contributed by atoms with Crippen molar-refractivity contribution in [3.05, 3.63) is 53.7 Å². The van der Waals surface area contributed by atoms with Crippen molar-refractivity contribution in [2.75, 3.05) is 12.3 Å². The number of hydrogen-bond acceptors (Lipinski definition) is 5. The average Bonchev–Trinajstić information content (AvgIpc) is 2.64. The molecule has 7 N–H and O–H groups in total. The largest absolute Gasteiger partial charge is 0.430 e. The van der Waals surface area contributed by atoms with Gasteiger partial charge >= 0.3 is 5.85 Å². The van der Waals surface area contributed by atoms with Crippen LogP contribution in [0.15, 0.2) is 48.2 Å². The number of amides is 1. The monoisotopic (exact) mass is 408 g/mol. The van der Waals surface area contributed by atoms with E-state index in [2.05, 4.69) is 10.1 Å². The maximum absolute atomic E-state index is 13.1. The third-order valence-corrected chi connectivity index (χ3v) is 3.98. The van der Waals surface area contributed by atoms with Gasteiger partial charge in [-0.15, -0.1) is 0 Å². The molecule has 150 valence electrons. The lowest BCUT2D eigenvalue weighted by Gasteiger charge is -2.16. The van der Waals surface area contributed by atoms with E-state index in [0.717, 1.165) is 6.42 Å². The number of carbonyl (C=O) groups is 1. The second kappa shape index (κ2) is 8.89. The summed E-state index contributed by atoms with van der Waals surface area (Å²) >= 11 is 0. The van der Waals surface area contributed by atoms with Crippen molar-refractivity contribution < 1.29 is 18.3 Å². The Labute approximate surface area is 164 Å². The van der Waals surface area contributed by atoms with Crippen LogP contribution in [-0.2, 0) is 4.79 Å². The zero-order valence-corrected chi connectivity index (χ0v) is 16.5. The maximum Gasteiger partial charge on any atom is 0.408 e. The molecule has 2 aromatic carbocycles. The van der Waals surface area contributed by atoms with Crippen LogP contribution in [0.2, 0.25) is 0 Å². The Morgan fingerprint density at radius 1 is 1.21 bits per heavy atom. The van der Waals surface area contributed by atoms with Gasteiger partial charge in [-0.3, -0.25) is 4.79 Å². The van der Waals surface area contributed by atoms with Crippen molar-refractivity contribution in [3.8, 4) is 16.9 Å². The first-order valence-electron chi connectivity index (χ1n) is 8.52. The molecule has 0 aliphatic rings. The number of benzene rings is 2. The number of nitrogen functional groups attached to an aromatic ring is 1. The summed E-state index contributed by atoms with van der Waals surface area (Å²) in [5.74, 6) is -3.90. The number of alkyl halides is 2. The summed E-state index contributed by atoms with van der Waals surface area (Å²) in [5.41, 5.74) is 19.8. The summed E-state index contributed by atoms with van der Waals surface area (Å²) < 4.78 is 30.7. The molecule has 0 saturated carbocycles. The molecule has 0 fully saturated rings. The first-order valence-corrected chi connectivity index (χ1v) is 9.10. The van der Waals surface area contributed by atoms with Gasteiger partial charge in [0, 0.05) is 23.4 Å². The molecule has 0 aliphatic heterocycles. The molecule has 6 nitrogen and oxygen atoms in total. The van der Waals surface area contributed by atoms with Crippen LogP contribution in [-0.4, -0.2) is 18.3 Å². The number of hydrogen-bond donors (Lipinski definition) is 4. The molecule has 1 atom stereocenters. The van der Waals surface area contributed by atoms with Crippen LogP contribution >= 0.6 is 9.24 Å². The van der Waals surface area contributed by atoms with E-state index in [0.29, 0.717) is 23.2 Å². The van der Waals surface area contributed by atoms with E-state index in [4.69, 9.17) is 17.2 Å². The van der Waals surface area contributed by atoms with Gasteiger partial charge in [-0.1, -0.05) is 37.3 Å². The lowest BCUT2D eigenvalue weighted by atomic mass is 9.98. The second-order valence-electron chi connectivity index (χ2n) is 6.04. The highest BCUT2D eigenvalue weighted by atomic mass is 31.0. The van der Waals surface area contributed by atoms with Gasteiger partial charge in [-0.05, 0) is 33.4 Å². The van der Waals surface area contributed by atoms with E-state index in [1.54, 1.807) is 30.3 Å². The van der Waals surface area contributed by atoms with Crippen molar-refractivity contribution >= 4 is 26.5 Å². The van der Waals surface area contributed by atoms with E-state index in [1.807, 2.05) is 6.92 Å². The number of rotatable bonds is 7. The Morgan fingerprint density at radius 2 is 1.89 bits per heavy atom. The van der Waals surface area contributed by atoms with Gasteiger partial charge in [-0.2, -0.15) is 8.78 Å². The third-order valence-electron chi connectivity index (χ3n) is 3.87. The van der Waals surface area contributed by atoms with Gasteiger partial charge in [0.15, 0.2) is 0 Å². The second-order valence-corrected chi connectivity index (χ2v) is 6.71. The van der Waals surface area contributed by atoms with Gasteiger partial charge < -0.3 is 27.3 Å². The summed E-state index contributed by atoms with van der Waals surface area (Å²) in [6.45, 7) is 2.38. The van der Waals surface area contributed by atoms with Crippen LogP contribution in [0.5, 0.6) is 5.75 Å². The van der Waals surface area contributed by atoms with Crippen molar-refractivity contribution in [1.82, 2.24) is 5.32 Å². The molecular formula is C19H23F2N4O2P. The SMILES string of the molecule is CCCNC(=O)/C(N)=C(\N)c1cccc(-c2cccc(OC(F)(F)P)c2)c1N. The van der Waals surface area contributed by atoms with Crippen molar-refractivity contribution in [2.24, 2.45) is 11.5 Å². The number of ether oxygens (including phenoxy) is 1. The van der Waals surface area contributed by atoms with Crippen LogP contribution in [0, 0.1) is 0 Å². The topological polar surface area (TPSA) is 116 Å². The number of nitrogens with two attached hydrogens (primary N) is 3. The van der Waals surface area contributed by atoms with Crippen LogP contribution in [0.1, 0.15) is 18.9 Å². The molecule has 0 saturated heterocycles. The molecule has 1 amide bonds. The minimum atomic E-state index is -3.39. The van der Waals surface area contributed by atoms with Gasteiger partial charge in [0.05, 0.1) is 5.70 Å². The third kappa shape index (κ3) is 5.33. The van der Waals surface area contributed by atoms with E-state index in [-0.39, 0.29) is 22.8 Å². The van der Waals surface area contributed by atoms with Crippen LogP contribution in [0.3, 0.4) is 0 Å². The Balaban J connectivity index is 2.43. The Hall–Kier alpha value is -2.86. The fourth-order valence-corrected chi connectivity index (χ4v) is 2.67. The highest BCUT2D eigenvalue weighted by molar-refractivity contribution is 7.17. The predicted molar refractivity (Wildman–Crippen MR) is 110 cm³/mol. The predicted octanol–water partition coefficient (Wildman–Crippen LogP) is 2.85. The molecule has 0 aromatic heterocycles. The van der Waals surface area contributed by atoms with Crippen molar-refractivity contribution in [2.45, 2.75) is 19.2 Å². The normalized spacial score (nSPS) is 12.3. The van der Waals surface area contributed by atoms with Gasteiger partial charge in [0.25, 0.3) is 5.91 Å². The average molecular weight is 408 g/mol. The number of anilines is 1. The van der Waals surface area contributed by atoms with Gasteiger partial charge in [-0.25, -0.2) is 0 Å². The molecule has 2 rings (SSSR count). The summed E-state index contributed by atoms with van der Waals surface area (Å²) in [5, 5.41) is 2.65.